The Kier molecular flexibility index (Phi) is 3.66. The first-order chi connectivity index (χ1) is 13.0. The molecule has 1 saturated carbocycles. The van der Waals surface area contributed by atoms with Gasteiger partial charge in [-0.3, -0.25) is 29.4 Å². The highest BCUT2D eigenvalue weighted by molar-refractivity contribution is 6.23. The van der Waals surface area contributed by atoms with E-state index in [0.29, 0.717) is 35.5 Å². The summed E-state index contributed by atoms with van der Waals surface area (Å²) in [5.74, 6) is -0.486. The molecule has 2 unspecified atom stereocenters. The molecule has 5 rings (SSSR count). The minimum Gasteiger partial charge on any atom is -0.316 e. The molecule has 3 N–H and O–H groups in total. The van der Waals surface area contributed by atoms with Crippen LogP contribution in [-0.4, -0.2) is 53.7 Å². The predicted octanol–water partition coefficient (Wildman–Crippen LogP) is -0.605. The second-order valence-electron chi connectivity index (χ2n) is 7.72. The Labute approximate surface area is 155 Å². The van der Waals surface area contributed by atoms with Crippen molar-refractivity contribution in [3.05, 3.63) is 34.9 Å². The van der Waals surface area contributed by atoms with Crippen LogP contribution in [0.4, 0.5) is 0 Å². The molecule has 8 heteroatoms. The minimum atomic E-state index is -0.921. The van der Waals surface area contributed by atoms with Gasteiger partial charge in [-0.25, -0.2) is 0 Å². The number of fused-ring (bicyclic) bond motifs is 2. The van der Waals surface area contributed by atoms with E-state index in [9.17, 15) is 19.2 Å². The van der Waals surface area contributed by atoms with Crippen LogP contribution >= 0.6 is 0 Å². The molecule has 4 atom stereocenters. The topological polar surface area (TPSA) is 108 Å². The molecular formula is C19H20N4O4. The number of imide groups is 2. The summed E-state index contributed by atoms with van der Waals surface area (Å²) >= 11 is 0. The summed E-state index contributed by atoms with van der Waals surface area (Å²) in [6.45, 7) is 2.76. The summed E-state index contributed by atoms with van der Waals surface area (Å²) in [5, 5.41) is 9.09. The molecule has 3 aliphatic heterocycles. The molecule has 1 aromatic rings. The number of amides is 4. The molecule has 3 fully saturated rings. The fraction of sp³-hybridized carbons (Fsp3) is 0.474. The molecule has 0 radical (unpaired) electrons. The summed E-state index contributed by atoms with van der Waals surface area (Å²) in [5.41, 5.74) is 1.60. The lowest BCUT2D eigenvalue weighted by atomic mass is 10.0. The third-order valence-electron chi connectivity index (χ3n) is 6.14. The van der Waals surface area contributed by atoms with Crippen LogP contribution in [0, 0.1) is 11.8 Å². The van der Waals surface area contributed by atoms with Gasteiger partial charge < -0.3 is 10.6 Å². The number of carbonyl (C=O) groups excluding carboxylic acids is 4. The lowest BCUT2D eigenvalue weighted by molar-refractivity contribution is -0.136. The van der Waals surface area contributed by atoms with Gasteiger partial charge >= 0.3 is 0 Å². The van der Waals surface area contributed by atoms with Crippen molar-refractivity contribution < 1.29 is 19.2 Å². The summed E-state index contributed by atoms with van der Waals surface area (Å²) in [4.78, 5) is 49.9. The first-order valence-electron chi connectivity index (χ1n) is 9.33. The molecule has 140 valence electrons. The number of rotatable bonds is 4. The molecule has 2 saturated heterocycles. The molecule has 4 aliphatic rings. The number of nitrogens with one attached hydrogen (secondary N) is 3. The second-order valence-corrected chi connectivity index (χ2v) is 7.72. The summed E-state index contributed by atoms with van der Waals surface area (Å²) in [6, 6.07) is 4.85. The van der Waals surface area contributed by atoms with Gasteiger partial charge in [0.15, 0.2) is 0 Å². The van der Waals surface area contributed by atoms with Crippen LogP contribution in [-0.2, 0) is 16.1 Å². The van der Waals surface area contributed by atoms with E-state index < -0.39 is 23.8 Å². The number of piperidine rings is 2. The molecule has 4 amide bonds. The van der Waals surface area contributed by atoms with Gasteiger partial charge in [-0.1, -0.05) is 6.07 Å². The highest BCUT2D eigenvalue weighted by atomic mass is 16.2. The van der Waals surface area contributed by atoms with Gasteiger partial charge in [0.2, 0.25) is 11.8 Å². The van der Waals surface area contributed by atoms with Crippen molar-refractivity contribution in [2.45, 2.75) is 31.5 Å². The first-order valence-corrected chi connectivity index (χ1v) is 9.33. The van der Waals surface area contributed by atoms with E-state index in [1.165, 1.54) is 0 Å². The molecule has 3 heterocycles. The van der Waals surface area contributed by atoms with Crippen LogP contribution in [0.1, 0.15) is 39.1 Å². The zero-order valence-electron chi connectivity index (χ0n) is 14.7. The van der Waals surface area contributed by atoms with Crippen LogP contribution in [0.5, 0.6) is 0 Å². The standard InChI is InChI=1S/C19H20N4O4/c24-15-4-3-14(17(25)22-15)23-18(26)10-2-1-9(5-11(10)19(23)27)6-21-16-12-7-20-8-13(12)16/h1-2,5,12-14,16,20-21H,3-4,6-8H2,(H,22,24,25)/t12-,13+,14?,16?. The Balaban J connectivity index is 1.32. The molecular weight excluding hydrogens is 348 g/mol. The fourth-order valence-corrected chi connectivity index (χ4v) is 4.58. The molecule has 1 aliphatic carbocycles. The van der Waals surface area contributed by atoms with Crippen LogP contribution in [0.2, 0.25) is 0 Å². The Morgan fingerprint density at radius 3 is 2.52 bits per heavy atom. The molecule has 0 spiro atoms. The Morgan fingerprint density at radius 1 is 1.04 bits per heavy atom. The van der Waals surface area contributed by atoms with Gasteiger partial charge in [0.25, 0.3) is 11.8 Å². The Hall–Kier alpha value is -2.58. The third kappa shape index (κ3) is 2.59. The number of hydrogen-bond acceptors (Lipinski definition) is 6. The van der Waals surface area contributed by atoms with Crippen LogP contribution in [0.3, 0.4) is 0 Å². The Bertz CT molecular complexity index is 872. The van der Waals surface area contributed by atoms with Crippen molar-refractivity contribution in [2.24, 2.45) is 11.8 Å². The van der Waals surface area contributed by atoms with Crippen molar-refractivity contribution in [1.82, 2.24) is 20.9 Å². The van der Waals surface area contributed by atoms with Gasteiger partial charge in [-0.2, -0.15) is 0 Å². The molecule has 8 nitrogen and oxygen atoms in total. The van der Waals surface area contributed by atoms with Crippen molar-refractivity contribution in [3.8, 4) is 0 Å². The smallest absolute Gasteiger partial charge is 0.262 e. The van der Waals surface area contributed by atoms with Crippen molar-refractivity contribution in [2.75, 3.05) is 13.1 Å². The monoisotopic (exact) mass is 368 g/mol. The third-order valence-corrected chi connectivity index (χ3v) is 6.14. The maximum absolute atomic E-state index is 12.8. The maximum Gasteiger partial charge on any atom is 0.262 e. The summed E-state index contributed by atoms with van der Waals surface area (Å²) in [6.07, 6.45) is 0.292. The summed E-state index contributed by atoms with van der Waals surface area (Å²) in [7, 11) is 0. The molecule has 0 bridgehead atoms. The van der Waals surface area contributed by atoms with Gasteiger partial charge in [0.05, 0.1) is 11.1 Å². The lowest BCUT2D eigenvalue weighted by Crippen LogP contribution is -2.54. The minimum absolute atomic E-state index is 0.123. The van der Waals surface area contributed by atoms with Crippen LogP contribution in [0.25, 0.3) is 0 Å². The quantitative estimate of drug-likeness (QED) is 0.613. The summed E-state index contributed by atoms with van der Waals surface area (Å²) < 4.78 is 0. The van der Waals surface area contributed by atoms with Gasteiger partial charge in [0, 0.05) is 19.0 Å². The van der Waals surface area contributed by atoms with Crippen LogP contribution < -0.4 is 16.0 Å². The average molecular weight is 368 g/mol. The molecule has 27 heavy (non-hydrogen) atoms. The number of nitrogens with zero attached hydrogens (tertiary/aromatic N) is 1. The van der Waals surface area contributed by atoms with Crippen molar-refractivity contribution in [1.29, 1.82) is 0 Å². The predicted molar refractivity (Wildman–Crippen MR) is 93.6 cm³/mol. The van der Waals surface area contributed by atoms with Crippen molar-refractivity contribution >= 4 is 23.6 Å². The number of benzene rings is 1. The van der Waals surface area contributed by atoms with Crippen LogP contribution in [0.15, 0.2) is 18.2 Å². The van der Waals surface area contributed by atoms with E-state index in [1.807, 2.05) is 6.07 Å². The van der Waals surface area contributed by atoms with E-state index in [-0.39, 0.29) is 18.7 Å². The van der Waals surface area contributed by atoms with E-state index >= 15 is 0 Å². The van der Waals surface area contributed by atoms with E-state index in [2.05, 4.69) is 16.0 Å². The van der Waals surface area contributed by atoms with Crippen molar-refractivity contribution in [3.63, 3.8) is 0 Å². The maximum atomic E-state index is 12.8. The fourth-order valence-electron chi connectivity index (χ4n) is 4.58. The number of hydrogen-bond donors (Lipinski definition) is 3. The van der Waals surface area contributed by atoms with Gasteiger partial charge in [-0.15, -0.1) is 0 Å². The lowest BCUT2D eigenvalue weighted by Gasteiger charge is -2.27. The van der Waals surface area contributed by atoms with E-state index in [4.69, 9.17) is 0 Å². The number of carbonyl (C=O) groups is 4. The SMILES string of the molecule is O=C1CCC(N2C(=O)c3ccc(CNC4[C@H]5CNC[C@@H]45)cc3C2=O)C(=O)N1. The molecule has 1 aromatic carbocycles. The second kappa shape index (κ2) is 5.97. The van der Waals surface area contributed by atoms with E-state index in [1.54, 1.807) is 12.1 Å². The van der Waals surface area contributed by atoms with Gasteiger partial charge in [0.1, 0.15) is 6.04 Å². The zero-order chi connectivity index (χ0) is 18.7. The highest BCUT2D eigenvalue weighted by Crippen LogP contribution is 2.41. The normalized spacial score (nSPS) is 31.8. The average Bonchev–Trinajstić information content (AvgIpc) is 2.97. The van der Waals surface area contributed by atoms with E-state index in [0.717, 1.165) is 23.6 Å². The first kappa shape index (κ1) is 16.6. The molecule has 0 aromatic heterocycles. The van der Waals surface area contributed by atoms with Gasteiger partial charge in [-0.05, 0) is 49.0 Å². The largest absolute Gasteiger partial charge is 0.316 e. The highest BCUT2D eigenvalue weighted by Gasteiger charge is 2.52. The Morgan fingerprint density at radius 2 is 1.78 bits per heavy atom. The zero-order valence-corrected chi connectivity index (χ0v) is 14.7.